The highest BCUT2D eigenvalue weighted by Gasteiger charge is 2.24. The van der Waals surface area contributed by atoms with E-state index >= 15 is 0 Å². The van der Waals surface area contributed by atoms with Crippen LogP contribution in [0.25, 0.3) is 0 Å². The van der Waals surface area contributed by atoms with Crippen molar-refractivity contribution in [2.75, 3.05) is 5.73 Å². The van der Waals surface area contributed by atoms with Gasteiger partial charge in [0.05, 0.1) is 9.40 Å². The number of nitrogens with zero attached hydrogens (tertiary/aromatic N) is 1. The molecule has 0 radical (unpaired) electrons. The third kappa shape index (κ3) is 1.59. The predicted octanol–water partition coefficient (Wildman–Crippen LogP) is 2.22. The lowest BCUT2D eigenvalue weighted by Gasteiger charge is -2.01. The van der Waals surface area contributed by atoms with Crippen LogP contribution in [0.15, 0.2) is 10.5 Å². The van der Waals surface area contributed by atoms with Gasteiger partial charge in [-0.1, -0.05) is 0 Å². The molecule has 0 aromatic heterocycles. The number of hydrogen-bond acceptors (Lipinski definition) is 3. The van der Waals surface area contributed by atoms with Gasteiger partial charge in [0, 0.05) is 0 Å². The van der Waals surface area contributed by atoms with E-state index in [-0.39, 0.29) is 4.47 Å². The lowest BCUT2D eigenvalue weighted by Crippen LogP contribution is -2.02. The number of benzene rings is 1. The van der Waals surface area contributed by atoms with Crippen LogP contribution >= 0.6 is 15.9 Å². The number of hydrogen-bond donors (Lipinski definition) is 1. The summed E-state index contributed by atoms with van der Waals surface area (Å²) in [6, 6.07) is 0.734. The molecule has 2 N–H and O–H groups in total. The Kier molecular flexibility index (Phi) is 2.46. The van der Waals surface area contributed by atoms with E-state index < -0.39 is 27.9 Å². The summed E-state index contributed by atoms with van der Waals surface area (Å²) in [5.41, 5.74) is 3.13. The van der Waals surface area contributed by atoms with E-state index in [1.807, 2.05) is 0 Å². The van der Waals surface area contributed by atoms with Gasteiger partial charge >= 0.3 is 5.69 Å². The molecule has 7 heteroatoms. The van der Waals surface area contributed by atoms with Crippen molar-refractivity contribution in [3.8, 4) is 0 Å². The molecule has 0 aliphatic rings. The summed E-state index contributed by atoms with van der Waals surface area (Å²) in [4.78, 5) is 9.17. The average Bonchev–Trinajstić information content (AvgIpc) is 2.01. The van der Waals surface area contributed by atoms with Crippen molar-refractivity contribution in [1.82, 2.24) is 0 Å². The zero-order chi connectivity index (χ0) is 10.2. The van der Waals surface area contributed by atoms with Crippen LogP contribution in [0.5, 0.6) is 0 Å². The Morgan fingerprint density at radius 3 is 2.54 bits per heavy atom. The lowest BCUT2D eigenvalue weighted by molar-refractivity contribution is -0.386. The van der Waals surface area contributed by atoms with Crippen LogP contribution in [0.1, 0.15) is 0 Å². The first-order chi connectivity index (χ1) is 5.95. The fourth-order valence-electron chi connectivity index (χ4n) is 0.775. The number of rotatable bonds is 1. The van der Waals surface area contributed by atoms with Gasteiger partial charge in [-0.3, -0.25) is 10.1 Å². The molecule has 13 heavy (non-hydrogen) atoms. The summed E-state index contributed by atoms with van der Waals surface area (Å²) in [5, 5.41) is 10.2. The summed E-state index contributed by atoms with van der Waals surface area (Å²) in [5.74, 6) is -2.20. The molecular weight excluding hydrogens is 250 g/mol. The molecule has 0 fully saturated rings. The minimum Gasteiger partial charge on any atom is -0.391 e. The monoisotopic (exact) mass is 252 g/mol. The van der Waals surface area contributed by atoms with Crippen molar-refractivity contribution in [2.24, 2.45) is 0 Å². The van der Waals surface area contributed by atoms with E-state index in [9.17, 15) is 18.9 Å². The van der Waals surface area contributed by atoms with Gasteiger partial charge in [-0.2, -0.15) is 4.39 Å². The van der Waals surface area contributed by atoms with Gasteiger partial charge in [-0.05, 0) is 22.0 Å². The molecular formula is C6H3BrF2N2O2. The summed E-state index contributed by atoms with van der Waals surface area (Å²) in [7, 11) is 0. The molecule has 0 heterocycles. The molecule has 0 amide bonds. The highest BCUT2D eigenvalue weighted by Crippen LogP contribution is 2.32. The maximum atomic E-state index is 13.0. The van der Waals surface area contributed by atoms with Crippen molar-refractivity contribution in [1.29, 1.82) is 0 Å². The number of nitro benzene ring substituents is 1. The standard InChI is InChI=1S/C6H3BrF2N2O2/c7-2-1-3(8)5(10)6(4(2)9)11(12)13/h1H,10H2. The molecule has 0 bridgehead atoms. The van der Waals surface area contributed by atoms with Crippen LogP contribution in [0.2, 0.25) is 0 Å². The van der Waals surface area contributed by atoms with E-state index in [0.29, 0.717) is 0 Å². The van der Waals surface area contributed by atoms with Crippen LogP contribution < -0.4 is 5.73 Å². The van der Waals surface area contributed by atoms with Crippen molar-refractivity contribution in [2.45, 2.75) is 0 Å². The van der Waals surface area contributed by atoms with Crippen LogP contribution in [-0.2, 0) is 0 Å². The first-order valence-corrected chi connectivity index (χ1v) is 3.81. The fourth-order valence-corrected chi connectivity index (χ4v) is 1.16. The number of nitro groups is 1. The second kappa shape index (κ2) is 3.25. The van der Waals surface area contributed by atoms with Crippen LogP contribution in [0.3, 0.4) is 0 Å². The molecule has 0 spiro atoms. The van der Waals surface area contributed by atoms with E-state index in [0.717, 1.165) is 6.07 Å². The second-order valence-electron chi connectivity index (χ2n) is 2.17. The molecule has 0 saturated carbocycles. The Labute approximate surface area is 79.6 Å². The number of halogens is 3. The third-order valence-electron chi connectivity index (χ3n) is 1.37. The van der Waals surface area contributed by atoms with E-state index in [2.05, 4.69) is 15.9 Å². The largest absolute Gasteiger partial charge is 0.391 e. The van der Waals surface area contributed by atoms with Crippen molar-refractivity contribution < 1.29 is 13.7 Å². The first-order valence-electron chi connectivity index (χ1n) is 3.02. The Balaban J connectivity index is 3.56. The Hall–Kier alpha value is -1.24. The maximum Gasteiger partial charge on any atom is 0.331 e. The Morgan fingerprint density at radius 1 is 1.54 bits per heavy atom. The van der Waals surface area contributed by atoms with Crippen LogP contribution in [0, 0.1) is 21.7 Å². The summed E-state index contributed by atoms with van der Waals surface area (Å²) in [6.45, 7) is 0. The van der Waals surface area contributed by atoms with E-state index in [4.69, 9.17) is 5.73 Å². The Morgan fingerprint density at radius 2 is 2.08 bits per heavy atom. The molecule has 70 valence electrons. The van der Waals surface area contributed by atoms with Gasteiger partial charge in [-0.15, -0.1) is 0 Å². The zero-order valence-electron chi connectivity index (χ0n) is 6.05. The predicted molar refractivity (Wildman–Crippen MR) is 45.1 cm³/mol. The molecule has 0 atom stereocenters. The molecule has 0 unspecified atom stereocenters. The SMILES string of the molecule is Nc1c(F)cc(Br)c(F)c1[N+](=O)[O-]. The Bertz CT molecular complexity index is 357. The quantitative estimate of drug-likeness (QED) is 0.361. The van der Waals surface area contributed by atoms with Crippen molar-refractivity contribution in [3.05, 3.63) is 32.3 Å². The highest BCUT2D eigenvalue weighted by atomic mass is 79.9. The smallest absolute Gasteiger partial charge is 0.331 e. The molecule has 0 saturated heterocycles. The van der Waals surface area contributed by atoms with Crippen molar-refractivity contribution >= 4 is 27.3 Å². The topological polar surface area (TPSA) is 69.2 Å². The number of anilines is 1. The molecule has 0 aliphatic carbocycles. The van der Waals surface area contributed by atoms with Crippen LogP contribution in [-0.4, -0.2) is 4.92 Å². The summed E-state index contributed by atoms with van der Waals surface area (Å²) in [6.07, 6.45) is 0. The van der Waals surface area contributed by atoms with Crippen molar-refractivity contribution in [3.63, 3.8) is 0 Å². The minimum absolute atomic E-state index is 0.328. The van der Waals surface area contributed by atoms with Gasteiger partial charge < -0.3 is 5.73 Å². The fraction of sp³-hybridized carbons (Fsp3) is 0. The number of nitrogen functional groups attached to an aromatic ring is 1. The molecule has 4 nitrogen and oxygen atoms in total. The van der Waals surface area contributed by atoms with Gasteiger partial charge in [-0.25, -0.2) is 4.39 Å². The first kappa shape index (κ1) is 9.85. The molecule has 0 aliphatic heterocycles. The summed E-state index contributed by atoms with van der Waals surface area (Å²) < 4.78 is 25.4. The molecule has 1 aromatic rings. The van der Waals surface area contributed by atoms with E-state index in [1.165, 1.54) is 0 Å². The highest BCUT2D eigenvalue weighted by molar-refractivity contribution is 9.10. The van der Waals surface area contributed by atoms with E-state index in [1.54, 1.807) is 0 Å². The normalized spacial score (nSPS) is 10.1. The van der Waals surface area contributed by atoms with Gasteiger partial charge in [0.15, 0.2) is 5.82 Å². The summed E-state index contributed by atoms with van der Waals surface area (Å²) >= 11 is 2.62. The average molecular weight is 253 g/mol. The maximum absolute atomic E-state index is 13.0. The van der Waals surface area contributed by atoms with Gasteiger partial charge in [0.1, 0.15) is 5.69 Å². The van der Waals surface area contributed by atoms with Crippen LogP contribution in [0.4, 0.5) is 20.2 Å². The molecule has 1 rings (SSSR count). The van der Waals surface area contributed by atoms with Gasteiger partial charge in [0.25, 0.3) is 0 Å². The second-order valence-corrected chi connectivity index (χ2v) is 3.03. The lowest BCUT2D eigenvalue weighted by atomic mass is 10.2. The zero-order valence-corrected chi connectivity index (χ0v) is 7.64. The van der Waals surface area contributed by atoms with Gasteiger partial charge in [0.2, 0.25) is 5.82 Å². The number of nitrogens with two attached hydrogens (primary N) is 1. The third-order valence-corrected chi connectivity index (χ3v) is 1.94. The minimum atomic E-state index is -1.18. The molecule has 1 aromatic carbocycles.